The van der Waals surface area contributed by atoms with Crippen LogP contribution in [0.5, 0.6) is 0 Å². The van der Waals surface area contributed by atoms with E-state index in [4.69, 9.17) is 0 Å². The number of hydrogen-bond donors (Lipinski definition) is 0. The zero-order chi connectivity index (χ0) is 17.5. The lowest BCUT2D eigenvalue weighted by atomic mass is 10.0. The number of nitrogens with zero attached hydrogens (tertiary/aromatic N) is 1. The fourth-order valence-electron chi connectivity index (χ4n) is 2.60. The standard InChI is InChI=1S/C21H22BrNO/c1-4-7-18-10-11-19(13-17(18)5-2)21(24)15-23(3)14-16-8-6-9-20(22)12-16/h4-13H,2,14-15H2,1,3H3/b7-4-. The quantitative estimate of drug-likeness (QED) is 0.593. The first-order valence-corrected chi connectivity index (χ1v) is 8.68. The van der Waals surface area contributed by atoms with Gasteiger partial charge in [-0.05, 0) is 48.9 Å². The molecule has 2 nitrogen and oxygen atoms in total. The largest absolute Gasteiger partial charge is 0.295 e. The molecule has 0 bridgehead atoms. The van der Waals surface area contributed by atoms with Crippen LogP contribution in [0.2, 0.25) is 0 Å². The summed E-state index contributed by atoms with van der Waals surface area (Å²) in [6.45, 7) is 6.93. The van der Waals surface area contributed by atoms with Gasteiger partial charge in [0.1, 0.15) is 0 Å². The molecule has 0 unspecified atom stereocenters. The van der Waals surface area contributed by atoms with Crippen molar-refractivity contribution in [2.24, 2.45) is 0 Å². The molecule has 0 atom stereocenters. The Morgan fingerprint density at radius 1 is 1.21 bits per heavy atom. The van der Waals surface area contributed by atoms with Crippen LogP contribution in [0.4, 0.5) is 0 Å². The number of Topliss-reactive ketones (excluding diaryl/α,β-unsaturated/α-hetero) is 1. The van der Waals surface area contributed by atoms with E-state index in [1.165, 1.54) is 5.56 Å². The minimum Gasteiger partial charge on any atom is -0.295 e. The second-order valence-electron chi connectivity index (χ2n) is 5.77. The molecule has 0 aliphatic rings. The summed E-state index contributed by atoms with van der Waals surface area (Å²) < 4.78 is 1.05. The molecule has 0 spiro atoms. The molecule has 0 heterocycles. The number of halogens is 1. The van der Waals surface area contributed by atoms with Gasteiger partial charge in [-0.1, -0.05) is 65.0 Å². The van der Waals surface area contributed by atoms with Crippen molar-refractivity contribution in [3.63, 3.8) is 0 Å². The van der Waals surface area contributed by atoms with E-state index in [0.29, 0.717) is 6.54 Å². The highest BCUT2D eigenvalue weighted by molar-refractivity contribution is 9.10. The molecule has 2 aromatic rings. The predicted octanol–water partition coefficient (Wildman–Crippen LogP) is 5.44. The van der Waals surface area contributed by atoms with E-state index in [1.54, 1.807) is 6.08 Å². The monoisotopic (exact) mass is 383 g/mol. The molecule has 0 saturated carbocycles. The summed E-state index contributed by atoms with van der Waals surface area (Å²) in [6.07, 6.45) is 5.79. The Morgan fingerprint density at radius 3 is 2.67 bits per heavy atom. The Balaban J connectivity index is 2.07. The van der Waals surface area contributed by atoms with Crippen molar-refractivity contribution in [1.29, 1.82) is 0 Å². The van der Waals surface area contributed by atoms with Crippen LogP contribution < -0.4 is 0 Å². The molecule has 124 valence electrons. The van der Waals surface area contributed by atoms with Crippen molar-refractivity contribution in [2.45, 2.75) is 13.5 Å². The average molecular weight is 384 g/mol. The lowest BCUT2D eigenvalue weighted by molar-refractivity contribution is 0.0943. The summed E-state index contributed by atoms with van der Waals surface area (Å²) in [4.78, 5) is 14.6. The third kappa shape index (κ3) is 5.02. The van der Waals surface area contributed by atoms with Gasteiger partial charge in [0.25, 0.3) is 0 Å². The van der Waals surface area contributed by atoms with Crippen LogP contribution in [0.3, 0.4) is 0 Å². The molecule has 2 aromatic carbocycles. The lowest BCUT2D eigenvalue weighted by Gasteiger charge is -2.16. The topological polar surface area (TPSA) is 20.3 Å². The third-order valence-electron chi connectivity index (χ3n) is 3.73. The van der Waals surface area contributed by atoms with Crippen LogP contribution in [0.15, 0.2) is 59.6 Å². The fourth-order valence-corrected chi connectivity index (χ4v) is 3.04. The van der Waals surface area contributed by atoms with Crippen molar-refractivity contribution in [3.8, 4) is 0 Å². The van der Waals surface area contributed by atoms with Crippen LogP contribution in [-0.4, -0.2) is 24.3 Å². The zero-order valence-corrected chi connectivity index (χ0v) is 15.7. The van der Waals surface area contributed by atoms with Crippen molar-refractivity contribution >= 4 is 33.9 Å². The van der Waals surface area contributed by atoms with Crippen molar-refractivity contribution in [3.05, 3.63) is 81.8 Å². The number of carbonyl (C=O) groups is 1. The van der Waals surface area contributed by atoms with Crippen molar-refractivity contribution < 1.29 is 4.79 Å². The maximum atomic E-state index is 12.5. The lowest BCUT2D eigenvalue weighted by Crippen LogP contribution is -2.25. The number of ketones is 1. The first kappa shape index (κ1) is 18.4. The van der Waals surface area contributed by atoms with E-state index in [9.17, 15) is 4.79 Å². The van der Waals surface area contributed by atoms with Crippen LogP contribution in [-0.2, 0) is 6.54 Å². The molecule has 3 heteroatoms. The van der Waals surface area contributed by atoms with Gasteiger partial charge in [0.2, 0.25) is 0 Å². The summed E-state index contributed by atoms with van der Waals surface area (Å²) in [7, 11) is 1.96. The first-order valence-electron chi connectivity index (χ1n) is 7.89. The van der Waals surface area contributed by atoms with Crippen molar-refractivity contribution in [2.75, 3.05) is 13.6 Å². The van der Waals surface area contributed by atoms with Crippen LogP contribution in [0.25, 0.3) is 12.2 Å². The summed E-state index contributed by atoms with van der Waals surface area (Å²) in [5, 5.41) is 0. The van der Waals surface area contributed by atoms with Gasteiger partial charge in [-0.15, -0.1) is 0 Å². The maximum absolute atomic E-state index is 12.5. The Labute approximate surface area is 152 Å². The number of hydrogen-bond acceptors (Lipinski definition) is 2. The average Bonchev–Trinajstić information content (AvgIpc) is 2.55. The number of allylic oxidation sites excluding steroid dienone is 1. The molecule has 0 aliphatic heterocycles. The molecule has 0 radical (unpaired) electrons. The van der Waals surface area contributed by atoms with Crippen LogP contribution >= 0.6 is 15.9 Å². The van der Waals surface area contributed by atoms with E-state index < -0.39 is 0 Å². The Morgan fingerprint density at radius 2 is 2.00 bits per heavy atom. The Kier molecular flexibility index (Phi) is 6.71. The molecule has 0 N–H and O–H groups in total. The number of benzene rings is 2. The molecule has 24 heavy (non-hydrogen) atoms. The fraction of sp³-hybridized carbons (Fsp3) is 0.190. The van der Waals surface area contributed by atoms with Crippen molar-refractivity contribution in [1.82, 2.24) is 4.90 Å². The van der Waals surface area contributed by atoms with E-state index in [0.717, 1.165) is 27.7 Å². The molecule has 0 amide bonds. The highest BCUT2D eigenvalue weighted by Crippen LogP contribution is 2.17. The maximum Gasteiger partial charge on any atom is 0.176 e. The SMILES string of the molecule is C=Cc1cc(C(=O)CN(C)Cc2cccc(Br)c2)ccc1/C=C\C. The van der Waals surface area contributed by atoms with Gasteiger partial charge in [-0.25, -0.2) is 0 Å². The third-order valence-corrected chi connectivity index (χ3v) is 4.22. The highest BCUT2D eigenvalue weighted by Gasteiger charge is 2.11. The van der Waals surface area contributed by atoms with E-state index >= 15 is 0 Å². The van der Waals surface area contributed by atoms with Gasteiger partial charge >= 0.3 is 0 Å². The highest BCUT2D eigenvalue weighted by atomic mass is 79.9. The smallest absolute Gasteiger partial charge is 0.176 e. The minimum atomic E-state index is 0.114. The Hall–Kier alpha value is -1.97. The summed E-state index contributed by atoms with van der Waals surface area (Å²) in [5.74, 6) is 0.114. The van der Waals surface area contributed by atoms with E-state index in [2.05, 4.69) is 34.6 Å². The molecule has 0 fully saturated rings. The van der Waals surface area contributed by atoms with Gasteiger partial charge in [0.15, 0.2) is 5.78 Å². The normalized spacial score (nSPS) is 11.2. The first-order chi connectivity index (χ1) is 11.5. The van der Waals surface area contributed by atoms with Crippen LogP contribution in [0.1, 0.15) is 34.0 Å². The predicted molar refractivity (Wildman–Crippen MR) is 106 cm³/mol. The van der Waals surface area contributed by atoms with Crippen LogP contribution in [0, 0.1) is 0 Å². The number of carbonyl (C=O) groups excluding carboxylic acids is 1. The summed E-state index contributed by atoms with van der Waals surface area (Å²) in [6, 6.07) is 13.9. The Bertz CT molecular complexity index is 764. The van der Waals surface area contributed by atoms with Gasteiger partial charge in [-0.3, -0.25) is 9.69 Å². The molecule has 0 aromatic heterocycles. The number of likely N-dealkylation sites (N-methyl/N-ethyl adjacent to an activating group) is 1. The second kappa shape index (κ2) is 8.76. The van der Waals surface area contributed by atoms with Gasteiger partial charge < -0.3 is 0 Å². The minimum absolute atomic E-state index is 0.114. The molecule has 0 aliphatic carbocycles. The molecule has 0 saturated heterocycles. The second-order valence-corrected chi connectivity index (χ2v) is 6.69. The molecular formula is C21H22BrNO. The van der Waals surface area contributed by atoms with E-state index in [-0.39, 0.29) is 5.78 Å². The molecule has 2 rings (SSSR count). The number of rotatable bonds is 7. The van der Waals surface area contributed by atoms with Gasteiger partial charge in [0, 0.05) is 16.6 Å². The summed E-state index contributed by atoms with van der Waals surface area (Å²) in [5.41, 5.74) is 3.95. The molecular weight excluding hydrogens is 362 g/mol. The van der Waals surface area contributed by atoms with Gasteiger partial charge in [0.05, 0.1) is 6.54 Å². The van der Waals surface area contributed by atoms with E-state index in [1.807, 2.05) is 61.4 Å². The zero-order valence-electron chi connectivity index (χ0n) is 14.1. The van der Waals surface area contributed by atoms with Gasteiger partial charge in [-0.2, -0.15) is 0 Å². The summed E-state index contributed by atoms with van der Waals surface area (Å²) >= 11 is 3.47.